The first-order valence-electron chi connectivity index (χ1n) is 6.17. The number of nitrogens with one attached hydrogen (secondary N) is 1. The average Bonchev–Trinajstić information content (AvgIpc) is 2.88. The summed E-state index contributed by atoms with van der Waals surface area (Å²) in [6.45, 7) is 1.14. The molecule has 1 atom stereocenters. The molecule has 6 heteroatoms. The molecule has 0 spiro atoms. The number of benzene rings is 1. The summed E-state index contributed by atoms with van der Waals surface area (Å²) >= 11 is 0. The molecule has 0 aromatic heterocycles. The zero-order valence-corrected chi connectivity index (χ0v) is 11.6. The van der Waals surface area contributed by atoms with E-state index in [1.807, 2.05) is 0 Å². The lowest BCUT2D eigenvalue weighted by Gasteiger charge is -2.12. The van der Waals surface area contributed by atoms with Crippen LogP contribution in [-0.4, -0.2) is 39.8 Å². The molecule has 1 aliphatic heterocycles. The van der Waals surface area contributed by atoms with Gasteiger partial charge in [-0.25, -0.2) is 8.42 Å². The van der Waals surface area contributed by atoms with Crippen molar-refractivity contribution in [1.82, 2.24) is 5.32 Å². The fraction of sp³-hybridized carbons (Fsp3) is 0.462. The highest BCUT2D eigenvalue weighted by atomic mass is 32.2. The second-order valence-corrected chi connectivity index (χ2v) is 6.60. The Kier molecular flexibility index (Phi) is 4.21. The minimum absolute atomic E-state index is 0.0364. The molecule has 1 fully saturated rings. The molecule has 19 heavy (non-hydrogen) atoms. The Morgan fingerprint density at radius 3 is 2.79 bits per heavy atom. The van der Waals surface area contributed by atoms with Crippen molar-refractivity contribution < 1.29 is 17.9 Å². The molecular formula is C13H17NO4S. The van der Waals surface area contributed by atoms with Gasteiger partial charge >= 0.3 is 0 Å². The van der Waals surface area contributed by atoms with Gasteiger partial charge in [0.05, 0.1) is 16.6 Å². The fourth-order valence-corrected chi connectivity index (χ4v) is 2.97. The van der Waals surface area contributed by atoms with Gasteiger partial charge in [-0.1, -0.05) is 12.1 Å². The molecule has 0 aliphatic carbocycles. The lowest BCUT2D eigenvalue weighted by atomic mass is 10.2. The maximum Gasteiger partial charge on any atom is 0.252 e. The van der Waals surface area contributed by atoms with E-state index < -0.39 is 9.84 Å². The summed E-state index contributed by atoms with van der Waals surface area (Å²) in [5.74, 6) is -0.378. The smallest absolute Gasteiger partial charge is 0.252 e. The van der Waals surface area contributed by atoms with Crippen molar-refractivity contribution in [3.05, 3.63) is 29.8 Å². The van der Waals surface area contributed by atoms with Gasteiger partial charge in [0, 0.05) is 19.4 Å². The normalized spacial score (nSPS) is 19.3. The molecule has 1 N–H and O–H groups in total. The first-order valence-corrected chi connectivity index (χ1v) is 8.06. The molecule has 0 saturated carbocycles. The van der Waals surface area contributed by atoms with Gasteiger partial charge in [-0.2, -0.15) is 0 Å². The Hall–Kier alpha value is -1.40. The second kappa shape index (κ2) is 5.71. The van der Waals surface area contributed by atoms with Gasteiger partial charge < -0.3 is 10.1 Å². The average molecular weight is 283 g/mol. The summed E-state index contributed by atoms with van der Waals surface area (Å²) in [6.07, 6.45) is 3.06. The van der Waals surface area contributed by atoms with E-state index in [1.54, 1.807) is 12.1 Å². The number of hydrogen-bond acceptors (Lipinski definition) is 4. The highest BCUT2D eigenvalue weighted by molar-refractivity contribution is 7.90. The van der Waals surface area contributed by atoms with Crippen LogP contribution >= 0.6 is 0 Å². The molecule has 1 aliphatic rings. The van der Waals surface area contributed by atoms with Crippen molar-refractivity contribution in [1.29, 1.82) is 0 Å². The van der Waals surface area contributed by atoms with Crippen molar-refractivity contribution in [3.8, 4) is 0 Å². The minimum atomic E-state index is -3.41. The molecular weight excluding hydrogens is 266 g/mol. The van der Waals surface area contributed by atoms with Gasteiger partial charge in [-0.15, -0.1) is 0 Å². The number of amides is 1. The van der Waals surface area contributed by atoms with Gasteiger partial charge in [0.2, 0.25) is 0 Å². The van der Waals surface area contributed by atoms with Crippen molar-refractivity contribution in [3.63, 3.8) is 0 Å². The summed E-state index contributed by atoms with van der Waals surface area (Å²) in [5.41, 5.74) is 0.183. The Balaban J connectivity index is 2.10. The van der Waals surface area contributed by atoms with Gasteiger partial charge in [-0.05, 0) is 25.0 Å². The first kappa shape index (κ1) is 14.0. The summed E-state index contributed by atoms with van der Waals surface area (Å²) in [5, 5.41) is 2.72. The van der Waals surface area contributed by atoms with Gasteiger partial charge in [0.1, 0.15) is 0 Å². The molecule has 2 rings (SSSR count). The Morgan fingerprint density at radius 2 is 2.16 bits per heavy atom. The Labute approximate surface area is 112 Å². The largest absolute Gasteiger partial charge is 0.376 e. The number of carbonyl (C=O) groups excluding carboxylic acids is 1. The van der Waals surface area contributed by atoms with Crippen LogP contribution in [0, 0.1) is 0 Å². The molecule has 1 amide bonds. The number of hydrogen-bond donors (Lipinski definition) is 1. The lowest BCUT2D eigenvalue weighted by Crippen LogP contribution is -2.32. The van der Waals surface area contributed by atoms with Gasteiger partial charge in [0.15, 0.2) is 9.84 Å². The van der Waals surface area contributed by atoms with E-state index in [0.717, 1.165) is 25.7 Å². The van der Waals surface area contributed by atoms with E-state index >= 15 is 0 Å². The number of sulfone groups is 1. The zero-order valence-electron chi connectivity index (χ0n) is 10.8. The van der Waals surface area contributed by atoms with Gasteiger partial charge in [-0.3, -0.25) is 4.79 Å². The van der Waals surface area contributed by atoms with Crippen LogP contribution in [0.4, 0.5) is 0 Å². The molecule has 5 nitrogen and oxygen atoms in total. The molecule has 0 radical (unpaired) electrons. The van der Waals surface area contributed by atoms with Crippen LogP contribution < -0.4 is 5.32 Å². The predicted octanol–water partition coefficient (Wildman–Crippen LogP) is 0.999. The van der Waals surface area contributed by atoms with Crippen LogP contribution in [0.3, 0.4) is 0 Å². The standard InChI is InChI=1S/C13H17NO4S/c1-19(16,17)12-7-3-2-6-11(12)13(15)14-9-10-5-4-8-18-10/h2-3,6-7,10H,4-5,8-9H2,1H3,(H,14,15). The molecule has 1 aromatic rings. The van der Waals surface area contributed by atoms with E-state index in [-0.39, 0.29) is 22.5 Å². The maximum absolute atomic E-state index is 12.0. The van der Waals surface area contributed by atoms with E-state index in [1.165, 1.54) is 12.1 Å². The van der Waals surface area contributed by atoms with Crippen LogP contribution in [0.1, 0.15) is 23.2 Å². The van der Waals surface area contributed by atoms with Crippen molar-refractivity contribution in [2.45, 2.75) is 23.8 Å². The third-order valence-electron chi connectivity index (χ3n) is 3.05. The molecule has 104 valence electrons. The summed E-state index contributed by atoms with van der Waals surface area (Å²) in [6, 6.07) is 6.21. The Morgan fingerprint density at radius 1 is 1.42 bits per heavy atom. The number of carbonyl (C=O) groups is 1. The summed E-state index contributed by atoms with van der Waals surface area (Å²) in [4.78, 5) is 12.1. The minimum Gasteiger partial charge on any atom is -0.376 e. The molecule has 1 aromatic carbocycles. The van der Waals surface area contributed by atoms with E-state index in [0.29, 0.717) is 6.54 Å². The topological polar surface area (TPSA) is 72.5 Å². The first-order chi connectivity index (χ1) is 8.98. The summed E-state index contributed by atoms with van der Waals surface area (Å²) in [7, 11) is -3.41. The van der Waals surface area contributed by atoms with E-state index in [2.05, 4.69) is 5.32 Å². The van der Waals surface area contributed by atoms with Crippen molar-refractivity contribution in [2.24, 2.45) is 0 Å². The second-order valence-electron chi connectivity index (χ2n) is 4.61. The highest BCUT2D eigenvalue weighted by Gasteiger charge is 2.20. The third kappa shape index (κ3) is 3.54. The maximum atomic E-state index is 12.0. The zero-order chi connectivity index (χ0) is 13.9. The van der Waals surface area contributed by atoms with Crippen LogP contribution in [0.15, 0.2) is 29.2 Å². The molecule has 0 bridgehead atoms. The molecule has 1 saturated heterocycles. The van der Waals surface area contributed by atoms with E-state index in [9.17, 15) is 13.2 Å². The third-order valence-corrected chi connectivity index (χ3v) is 4.20. The van der Waals surface area contributed by atoms with Crippen molar-refractivity contribution in [2.75, 3.05) is 19.4 Å². The van der Waals surface area contributed by atoms with Crippen molar-refractivity contribution >= 4 is 15.7 Å². The molecule has 1 heterocycles. The highest BCUT2D eigenvalue weighted by Crippen LogP contribution is 2.16. The van der Waals surface area contributed by atoms with Crippen LogP contribution in [-0.2, 0) is 14.6 Å². The number of rotatable bonds is 4. The monoisotopic (exact) mass is 283 g/mol. The quantitative estimate of drug-likeness (QED) is 0.894. The SMILES string of the molecule is CS(=O)(=O)c1ccccc1C(=O)NCC1CCCO1. The van der Waals surface area contributed by atoms with E-state index in [4.69, 9.17) is 4.74 Å². The number of ether oxygens (including phenoxy) is 1. The van der Waals surface area contributed by atoms with Crippen LogP contribution in [0.5, 0.6) is 0 Å². The summed E-state index contributed by atoms with van der Waals surface area (Å²) < 4.78 is 28.6. The van der Waals surface area contributed by atoms with Crippen LogP contribution in [0.25, 0.3) is 0 Å². The Bertz CT molecular complexity index is 562. The predicted molar refractivity (Wildman–Crippen MR) is 70.9 cm³/mol. The fourth-order valence-electron chi connectivity index (χ4n) is 2.08. The molecule has 1 unspecified atom stereocenters. The van der Waals surface area contributed by atoms with Gasteiger partial charge in [0.25, 0.3) is 5.91 Å². The van der Waals surface area contributed by atoms with Crippen LogP contribution in [0.2, 0.25) is 0 Å². The lowest BCUT2D eigenvalue weighted by molar-refractivity contribution is 0.0855.